The molecule has 2 aliphatic rings. The summed E-state index contributed by atoms with van der Waals surface area (Å²) < 4.78 is 7.72. The molecule has 1 spiro atoms. The highest BCUT2D eigenvalue weighted by molar-refractivity contribution is 7.14. The summed E-state index contributed by atoms with van der Waals surface area (Å²) >= 11 is 7.21. The predicted molar refractivity (Wildman–Crippen MR) is 100 cm³/mol. The number of hydrogen-bond donors (Lipinski definition) is 1. The first-order valence-corrected chi connectivity index (χ1v) is 10.1. The number of halogens is 1. The number of piperidine rings is 1. The molecule has 0 aromatic carbocycles. The number of hydrogen-bond acceptors (Lipinski definition) is 5. The first kappa shape index (κ1) is 18.5. The second-order valence-electron chi connectivity index (χ2n) is 7.00. The van der Waals surface area contributed by atoms with Crippen LogP contribution in [0, 0.1) is 0 Å². The van der Waals surface area contributed by atoms with E-state index in [1.54, 1.807) is 16.9 Å². The molecule has 1 atom stereocenters. The van der Waals surface area contributed by atoms with Crippen LogP contribution in [0.25, 0.3) is 0 Å². The molecule has 27 heavy (non-hydrogen) atoms. The molecule has 2 aromatic heterocycles. The van der Waals surface area contributed by atoms with Gasteiger partial charge in [0.05, 0.1) is 17.8 Å². The zero-order chi connectivity index (χ0) is 19.2. The number of rotatable bonds is 3. The van der Waals surface area contributed by atoms with Gasteiger partial charge in [-0.2, -0.15) is 5.10 Å². The average molecular weight is 410 g/mol. The van der Waals surface area contributed by atoms with Gasteiger partial charge in [-0.25, -0.2) is 4.79 Å². The van der Waals surface area contributed by atoms with Crippen molar-refractivity contribution in [2.75, 3.05) is 19.7 Å². The average Bonchev–Trinajstić information content (AvgIpc) is 3.29. The second kappa shape index (κ2) is 6.92. The Morgan fingerprint density at radius 1 is 1.41 bits per heavy atom. The van der Waals surface area contributed by atoms with E-state index in [1.807, 2.05) is 11.8 Å². The summed E-state index contributed by atoms with van der Waals surface area (Å²) in [5, 5.41) is 13.9. The Labute approximate surface area is 165 Å². The third kappa shape index (κ3) is 3.26. The molecular formula is C18H20ClN3O4S. The van der Waals surface area contributed by atoms with Gasteiger partial charge in [0.15, 0.2) is 0 Å². The molecule has 0 saturated carbocycles. The minimum Gasteiger partial charge on any atom is -0.477 e. The molecule has 0 radical (unpaired) electrons. The van der Waals surface area contributed by atoms with E-state index in [4.69, 9.17) is 16.3 Å². The zero-order valence-corrected chi connectivity index (χ0v) is 16.4. The molecular weight excluding hydrogens is 390 g/mol. The maximum absolute atomic E-state index is 12.8. The number of nitrogens with zero attached hydrogens (tertiary/aromatic N) is 3. The summed E-state index contributed by atoms with van der Waals surface area (Å²) in [6, 6.07) is 1.35. The fourth-order valence-electron chi connectivity index (χ4n) is 3.89. The summed E-state index contributed by atoms with van der Waals surface area (Å²) in [5.41, 5.74) is 0.601. The molecule has 2 aromatic rings. The summed E-state index contributed by atoms with van der Waals surface area (Å²) in [4.78, 5) is 27.4. The Kier molecular flexibility index (Phi) is 4.73. The SMILES string of the molecule is CC(C(=O)N1CCC2(CC1)OCCc1cc(C(=O)O)sc12)n1cc(Cl)cn1. The number of fused-ring (bicyclic) bond motifs is 2. The Balaban J connectivity index is 1.49. The van der Waals surface area contributed by atoms with Gasteiger partial charge in [0.2, 0.25) is 5.91 Å². The van der Waals surface area contributed by atoms with Crippen LogP contribution < -0.4 is 0 Å². The van der Waals surface area contributed by atoms with E-state index in [0.717, 1.165) is 16.9 Å². The van der Waals surface area contributed by atoms with Gasteiger partial charge < -0.3 is 14.7 Å². The Bertz CT molecular complexity index is 885. The standard InChI is InChI=1S/C18H20ClN3O4S/c1-11(22-10-13(19)9-20-22)16(23)21-5-3-18(4-6-21)15-12(2-7-26-18)8-14(27-15)17(24)25/h8-11H,2-7H2,1H3,(H,24,25). The maximum Gasteiger partial charge on any atom is 0.345 e. The van der Waals surface area contributed by atoms with Gasteiger partial charge >= 0.3 is 5.97 Å². The molecule has 1 unspecified atom stereocenters. The minimum absolute atomic E-state index is 0.00180. The normalized spacial score (nSPS) is 19.7. The van der Waals surface area contributed by atoms with Crippen LogP contribution in [-0.4, -0.2) is 51.4 Å². The molecule has 9 heteroatoms. The van der Waals surface area contributed by atoms with Crippen molar-refractivity contribution in [1.29, 1.82) is 0 Å². The van der Waals surface area contributed by atoms with Gasteiger partial charge in [0.25, 0.3) is 0 Å². The zero-order valence-electron chi connectivity index (χ0n) is 14.9. The van der Waals surface area contributed by atoms with Crippen LogP contribution in [0.2, 0.25) is 5.02 Å². The molecule has 4 heterocycles. The summed E-state index contributed by atoms with van der Waals surface area (Å²) in [7, 11) is 0. The highest BCUT2D eigenvalue weighted by atomic mass is 35.5. The number of carboxylic acids is 1. The third-order valence-electron chi connectivity index (χ3n) is 5.39. The molecule has 0 bridgehead atoms. The highest BCUT2D eigenvalue weighted by Gasteiger charge is 2.44. The number of aromatic nitrogens is 2. The van der Waals surface area contributed by atoms with Gasteiger partial charge in [-0.3, -0.25) is 9.48 Å². The summed E-state index contributed by atoms with van der Waals surface area (Å²) in [5.74, 6) is -0.901. The van der Waals surface area contributed by atoms with Crippen LogP contribution in [-0.2, 0) is 21.6 Å². The number of carbonyl (C=O) groups is 2. The van der Waals surface area contributed by atoms with Crippen molar-refractivity contribution in [1.82, 2.24) is 14.7 Å². The summed E-state index contributed by atoms with van der Waals surface area (Å²) in [6.45, 7) is 3.53. The molecule has 4 rings (SSSR count). The lowest BCUT2D eigenvalue weighted by molar-refractivity contribution is -0.143. The van der Waals surface area contributed by atoms with Crippen LogP contribution >= 0.6 is 22.9 Å². The molecule has 1 N–H and O–H groups in total. The van der Waals surface area contributed by atoms with Gasteiger partial charge in [-0.1, -0.05) is 11.6 Å². The fraction of sp³-hybridized carbons (Fsp3) is 0.500. The topological polar surface area (TPSA) is 84.7 Å². The van der Waals surface area contributed by atoms with Crippen molar-refractivity contribution >= 4 is 34.8 Å². The molecule has 1 fully saturated rings. The number of carboxylic acid groups (broad SMARTS) is 1. The molecule has 1 saturated heterocycles. The van der Waals surface area contributed by atoms with Gasteiger partial charge in [-0.15, -0.1) is 11.3 Å². The van der Waals surface area contributed by atoms with E-state index in [0.29, 0.717) is 42.4 Å². The first-order chi connectivity index (χ1) is 12.9. The number of aromatic carboxylic acids is 1. The van der Waals surface area contributed by atoms with Crippen molar-refractivity contribution < 1.29 is 19.4 Å². The van der Waals surface area contributed by atoms with E-state index in [1.165, 1.54) is 17.5 Å². The monoisotopic (exact) mass is 409 g/mol. The number of amides is 1. The molecule has 144 valence electrons. The summed E-state index contributed by atoms with van der Waals surface area (Å²) in [6.07, 6.45) is 5.23. The van der Waals surface area contributed by atoms with E-state index in [9.17, 15) is 14.7 Å². The van der Waals surface area contributed by atoms with Crippen LogP contribution in [0.5, 0.6) is 0 Å². The van der Waals surface area contributed by atoms with Crippen molar-refractivity contribution in [2.24, 2.45) is 0 Å². The number of thiophene rings is 1. The Morgan fingerprint density at radius 3 is 2.78 bits per heavy atom. The lowest BCUT2D eigenvalue weighted by atomic mass is 9.85. The largest absolute Gasteiger partial charge is 0.477 e. The van der Waals surface area contributed by atoms with Crippen LogP contribution in [0.3, 0.4) is 0 Å². The molecule has 0 aliphatic carbocycles. The van der Waals surface area contributed by atoms with Gasteiger partial charge in [0, 0.05) is 24.2 Å². The number of carbonyl (C=O) groups excluding carboxylic acids is 1. The van der Waals surface area contributed by atoms with E-state index < -0.39 is 17.6 Å². The molecule has 1 amide bonds. The van der Waals surface area contributed by atoms with E-state index in [2.05, 4.69) is 5.10 Å². The number of likely N-dealkylation sites (tertiary alicyclic amines) is 1. The van der Waals surface area contributed by atoms with Crippen molar-refractivity contribution in [3.63, 3.8) is 0 Å². The van der Waals surface area contributed by atoms with Crippen LogP contribution in [0.4, 0.5) is 0 Å². The quantitative estimate of drug-likeness (QED) is 0.842. The Morgan fingerprint density at radius 2 is 2.15 bits per heavy atom. The lowest BCUT2D eigenvalue weighted by Crippen LogP contribution is -2.49. The minimum atomic E-state index is -0.899. The first-order valence-electron chi connectivity index (χ1n) is 8.88. The van der Waals surface area contributed by atoms with E-state index in [-0.39, 0.29) is 5.91 Å². The van der Waals surface area contributed by atoms with Crippen LogP contribution in [0.15, 0.2) is 18.5 Å². The smallest absolute Gasteiger partial charge is 0.345 e. The lowest BCUT2D eigenvalue weighted by Gasteiger charge is -2.44. The van der Waals surface area contributed by atoms with Gasteiger partial charge in [-0.05, 0) is 37.8 Å². The predicted octanol–water partition coefficient (Wildman–Crippen LogP) is 2.95. The maximum atomic E-state index is 12.8. The molecule has 7 nitrogen and oxygen atoms in total. The third-order valence-corrected chi connectivity index (χ3v) is 6.94. The van der Waals surface area contributed by atoms with Crippen molar-refractivity contribution in [3.8, 4) is 0 Å². The van der Waals surface area contributed by atoms with Crippen LogP contribution in [0.1, 0.15) is 45.9 Å². The number of ether oxygens (including phenoxy) is 1. The van der Waals surface area contributed by atoms with Crippen molar-refractivity contribution in [2.45, 2.75) is 37.8 Å². The Hall–Kier alpha value is -1.90. The second-order valence-corrected chi connectivity index (χ2v) is 8.49. The highest BCUT2D eigenvalue weighted by Crippen LogP contribution is 2.45. The van der Waals surface area contributed by atoms with Crippen molar-refractivity contribution in [3.05, 3.63) is 38.8 Å². The molecule has 2 aliphatic heterocycles. The fourth-order valence-corrected chi connectivity index (χ4v) is 5.28. The van der Waals surface area contributed by atoms with E-state index >= 15 is 0 Å². The van der Waals surface area contributed by atoms with Gasteiger partial charge in [0.1, 0.15) is 16.5 Å².